The van der Waals surface area contributed by atoms with Gasteiger partial charge in [-0.25, -0.2) is 0 Å². The molecule has 0 saturated carbocycles. The van der Waals surface area contributed by atoms with Crippen molar-refractivity contribution in [2.45, 2.75) is 72.6 Å². The van der Waals surface area contributed by atoms with Gasteiger partial charge in [-0.15, -0.1) is 18.2 Å². The number of ketones is 1. The fourth-order valence-corrected chi connectivity index (χ4v) is 6.24. The van der Waals surface area contributed by atoms with Crippen LogP contribution in [0.1, 0.15) is 78.4 Å². The first kappa shape index (κ1) is 33.4. The molecule has 0 spiro atoms. The molecule has 6 rings (SSSR count). The molecule has 1 aliphatic rings. The van der Waals surface area contributed by atoms with Crippen LogP contribution in [0.2, 0.25) is 0 Å². The second-order valence-corrected chi connectivity index (χ2v) is 12.0. The number of nitrogens with zero attached hydrogens (tertiary/aromatic N) is 1. The van der Waals surface area contributed by atoms with E-state index in [1.807, 2.05) is 52.0 Å². The van der Waals surface area contributed by atoms with Crippen molar-refractivity contribution in [3.63, 3.8) is 0 Å². The van der Waals surface area contributed by atoms with Gasteiger partial charge < -0.3 is 14.5 Å². The normalized spacial score (nSPS) is 13.8. The zero-order valence-corrected chi connectivity index (χ0v) is 28.9. The Morgan fingerprint density at radius 2 is 1.68 bits per heavy atom. The summed E-state index contributed by atoms with van der Waals surface area (Å²) in [4.78, 5) is 16.2. The zero-order chi connectivity index (χ0) is 30.7. The average Bonchev–Trinajstić information content (AvgIpc) is 3.39. The van der Waals surface area contributed by atoms with E-state index in [0.29, 0.717) is 0 Å². The number of aliphatic hydroxyl groups is 1. The molecule has 44 heavy (non-hydrogen) atoms. The van der Waals surface area contributed by atoms with Gasteiger partial charge in [0.2, 0.25) is 0 Å². The van der Waals surface area contributed by atoms with E-state index >= 15 is 0 Å². The van der Waals surface area contributed by atoms with Gasteiger partial charge in [0.15, 0.2) is 5.78 Å². The number of aliphatic hydroxyl groups excluding tert-OH is 1. The Bertz CT molecular complexity index is 1820. The summed E-state index contributed by atoms with van der Waals surface area (Å²) >= 11 is 0. The first-order chi connectivity index (χ1) is 20.7. The Morgan fingerprint density at radius 3 is 2.34 bits per heavy atom. The van der Waals surface area contributed by atoms with Crippen molar-refractivity contribution >= 4 is 44.6 Å². The zero-order valence-electron chi connectivity index (χ0n) is 26.5. The molecule has 1 aliphatic carbocycles. The molecular formula is C39H42IrNO3-. The van der Waals surface area contributed by atoms with E-state index in [0.717, 1.165) is 58.9 Å². The molecule has 5 aromatic rings. The molecule has 0 fully saturated rings. The molecule has 0 saturated heterocycles. The van der Waals surface area contributed by atoms with E-state index < -0.39 is 0 Å². The Balaban J connectivity index is 0.000000239. The summed E-state index contributed by atoms with van der Waals surface area (Å²) in [6.07, 6.45) is 11.2. The van der Waals surface area contributed by atoms with Gasteiger partial charge in [0.05, 0.1) is 11.3 Å². The predicted octanol–water partition coefficient (Wildman–Crippen LogP) is 10.8. The van der Waals surface area contributed by atoms with Crippen molar-refractivity contribution in [1.82, 2.24) is 4.98 Å². The summed E-state index contributed by atoms with van der Waals surface area (Å²) in [6.45, 7) is 12.6. The molecule has 2 aromatic heterocycles. The Morgan fingerprint density at radius 1 is 0.955 bits per heavy atom. The van der Waals surface area contributed by atoms with Gasteiger partial charge in [-0.1, -0.05) is 95.0 Å². The maximum Gasteiger partial charge on any atom is 0.162 e. The van der Waals surface area contributed by atoms with Crippen LogP contribution in [0.15, 0.2) is 83.1 Å². The van der Waals surface area contributed by atoms with Crippen LogP contribution < -0.4 is 0 Å². The van der Waals surface area contributed by atoms with Crippen LogP contribution in [0.3, 0.4) is 0 Å². The second kappa shape index (κ2) is 14.1. The van der Waals surface area contributed by atoms with Gasteiger partial charge in [0.25, 0.3) is 0 Å². The molecule has 0 bridgehead atoms. The van der Waals surface area contributed by atoms with E-state index in [-0.39, 0.29) is 48.9 Å². The maximum absolute atomic E-state index is 11.7. The number of carbonyl (C=O) groups is 1. The second-order valence-electron chi connectivity index (χ2n) is 12.0. The SMILES string of the molecule is CC1(C)C=Cc2c3oc4c(-c5ccccn5)[c-]ccc4c3cc3cccc1c23.CCC(CC)C(=O)/C=C(\O)C(CC)CC.[Ir]. The van der Waals surface area contributed by atoms with Crippen molar-refractivity contribution in [2.75, 3.05) is 0 Å². The van der Waals surface area contributed by atoms with Gasteiger partial charge in [-0.2, -0.15) is 0 Å². The minimum absolute atomic E-state index is 0. The number of fused-ring (bicyclic) bond motifs is 4. The number of hydrogen-bond acceptors (Lipinski definition) is 4. The number of allylic oxidation sites excluding steroid dienone is 3. The number of hydrogen-bond donors (Lipinski definition) is 1. The van der Waals surface area contributed by atoms with Crippen molar-refractivity contribution in [1.29, 1.82) is 0 Å². The molecule has 5 heteroatoms. The van der Waals surface area contributed by atoms with Crippen molar-refractivity contribution in [3.8, 4) is 11.3 Å². The van der Waals surface area contributed by atoms with E-state index in [2.05, 4.69) is 67.4 Å². The third-order valence-electron chi connectivity index (χ3n) is 8.96. The monoisotopic (exact) mass is 765 g/mol. The van der Waals surface area contributed by atoms with Crippen molar-refractivity contribution in [3.05, 3.63) is 95.9 Å². The van der Waals surface area contributed by atoms with Gasteiger partial charge in [0.1, 0.15) is 5.58 Å². The molecule has 0 unspecified atom stereocenters. The summed E-state index contributed by atoms with van der Waals surface area (Å²) in [5.74, 6) is 0.547. The van der Waals surface area contributed by atoms with Gasteiger partial charge in [0, 0.05) is 60.6 Å². The molecular weight excluding hydrogens is 723 g/mol. The number of furan rings is 1. The number of rotatable bonds is 8. The van der Waals surface area contributed by atoms with Crippen LogP contribution in [0.4, 0.5) is 0 Å². The number of carbonyl (C=O) groups excluding carboxylic acids is 1. The molecule has 0 atom stereocenters. The molecule has 0 aliphatic heterocycles. The van der Waals surface area contributed by atoms with Crippen LogP contribution >= 0.6 is 0 Å². The summed E-state index contributed by atoms with van der Waals surface area (Å²) in [5, 5.41) is 14.6. The van der Waals surface area contributed by atoms with Crippen LogP contribution in [-0.2, 0) is 30.3 Å². The quantitative estimate of drug-likeness (QED) is 0.0971. The maximum atomic E-state index is 11.7. The van der Waals surface area contributed by atoms with E-state index in [1.165, 1.54) is 28.0 Å². The average molecular weight is 765 g/mol. The van der Waals surface area contributed by atoms with Gasteiger partial charge in [-0.05, 0) is 59.8 Å². The minimum atomic E-state index is 0. The summed E-state index contributed by atoms with van der Waals surface area (Å²) in [5.41, 5.74) is 6.11. The molecule has 4 nitrogen and oxygen atoms in total. The molecule has 231 valence electrons. The first-order valence-electron chi connectivity index (χ1n) is 15.6. The summed E-state index contributed by atoms with van der Waals surface area (Å²) in [7, 11) is 0. The van der Waals surface area contributed by atoms with E-state index in [1.54, 1.807) is 6.20 Å². The smallest absolute Gasteiger partial charge is 0.162 e. The molecule has 0 amide bonds. The largest absolute Gasteiger partial charge is 0.512 e. The van der Waals surface area contributed by atoms with E-state index in [4.69, 9.17) is 4.42 Å². The minimum Gasteiger partial charge on any atom is -0.512 e. The number of aromatic nitrogens is 1. The first-order valence-corrected chi connectivity index (χ1v) is 15.6. The fraction of sp³-hybridized carbons (Fsp3) is 0.333. The third-order valence-corrected chi connectivity index (χ3v) is 8.96. The molecule has 2 heterocycles. The third kappa shape index (κ3) is 6.32. The molecule has 3 aromatic carbocycles. The summed E-state index contributed by atoms with van der Waals surface area (Å²) < 4.78 is 6.50. The van der Waals surface area contributed by atoms with Crippen LogP contribution in [-0.4, -0.2) is 15.9 Å². The van der Waals surface area contributed by atoms with E-state index in [9.17, 15) is 9.90 Å². The summed E-state index contributed by atoms with van der Waals surface area (Å²) in [6, 6.07) is 22.2. The Hall–Kier alpha value is -3.53. The van der Waals surface area contributed by atoms with Crippen LogP contribution in [0.5, 0.6) is 0 Å². The van der Waals surface area contributed by atoms with Gasteiger partial charge >= 0.3 is 0 Å². The molecule has 1 N–H and O–H groups in total. The predicted molar refractivity (Wildman–Crippen MR) is 179 cm³/mol. The Kier molecular flexibility index (Phi) is 10.7. The number of benzene rings is 3. The van der Waals surface area contributed by atoms with Crippen molar-refractivity contribution < 1.29 is 34.4 Å². The van der Waals surface area contributed by atoms with Crippen molar-refractivity contribution in [2.24, 2.45) is 11.8 Å². The topological polar surface area (TPSA) is 63.3 Å². The van der Waals surface area contributed by atoms with Gasteiger partial charge in [-0.3, -0.25) is 4.79 Å². The Labute approximate surface area is 274 Å². The van der Waals surface area contributed by atoms with Crippen LogP contribution in [0.25, 0.3) is 50.0 Å². The van der Waals surface area contributed by atoms with Crippen LogP contribution in [0, 0.1) is 17.9 Å². The molecule has 1 radical (unpaired) electrons. The number of pyridine rings is 1. The fourth-order valence-electron chi connectivity index (χ4n) is 6.24. The standard InChI is InChI=1S/C26H18NO.C13H24O2.Ir/c1-26(2)13-12-19-23-16(7-5-10-21(23)26)15-20-17-8-6-9-18(24(17)28-25(19)20)22-11-3-4-14-27-22;1-5-10(6-2)12(14)9-13(15)11(7-3)8-4;/h3-8,10-15H,1-2H3;9-11,14H,5-8H2,1-4H3;/q-1;;/b;12-9-;.